The van der Waals surface area contributed by atoms with Crippen LogP contribution in [0.4, 0.5) is 0 Å². The fraction of sp³-hybridized carbons (Fsp3) is 0.154. The molecule has 1 aromatic carbocycles. The topological polar surface area (TPSA) is 71.4 Å². The van der Waals surface area contributed by atoms with Crippen molar-refractivity contribution in [2.24, 2.45) is 0 Å². The van der Waals surface area contributed by atoms with Crippen molar-refractivity contribution < 1.29 is 18.3 Å². The molecule has 0 unspecified atom stereocenters. The fourth-order valence-corrected chi connectivity index (χ4v) is 3.63. The van der Waals surface area contributed by atoms with Crippen molar-refractivity contribution in [3.8, 4) is 0 Å². The molecule has 0 spiro atoms. The van der Waals surface area contributed by atoms with Gasteiger partial charge in [0.1, 0.15) is 4.21 Å². The van der Waals surface area contributed by atoms with Gasteiger partial charge in [-0.2, -0.15) is 0 Å². The third-order valence-electron chi connectivity index (χ3n) is 2.58. The van der Waals surface area contributed by atoms with Crippen molar-refractivity contribution >= 4 is 27.1 Å². The van der Waals surface area contributed by atoms with E-state index in [4.69, 9.17) is 5.11 Å². The number of rotatable bonds is 4. The Morgan fingerprint density at radius 1 is 1.16 bits per heavy atom. The summed E-state index contributed by atoms with van der Waals surface area (Å²) >= 11 is 1.24. The Bertz CT molecular complexity index is 696. The highest BCUT2D eigenvalue weighted by molar-refractivity contribution is 7.92. The predicted molar refractivity (Wildman–Crippen MR) is 73.6 cm³/mol. The minimum Gasteiger partial charge on any atom is -0.478 e. The van der Waals surface area contributed by atoms with Crippen LogP contribution in [0.1, 0.15) is 20.8 Å². The van der Waals surface area contributed by atoms with E-state index in [1.807, 2.05) is 0 Å². The highest BCUT2D eigenvalue weighted by atomic mass is 32.2. The van der Waals surface area contributed by atoms with Gasteiger partial charge in [-0.15, -0.1) is 11.3 Å². The molecular weight excluding hydrogens is 284 g/mol. The maximum Gasteiger partial charge on any atom is 0.335 e. The van der Waals surface area contributed by atoms with Crippen LogP contribution in [-0.2, 0) is 16.3 Å². The summed E-state index contributed by atoms with van der Waals surface area (Å²) in [4.78, 5) is 11.7. The largest absolute Gasteiger partial charge is 0.478 e. The smallest absolute Gasteiger partial charge is 0.335 e. The van der Waals surface area contributed by atoms with Crippen molar-refractivity contribution in [1.82, 2.24) is 0 Å². The van der Waals surface area contributed by atoms with Gasteiger partial charge in [0.15, 0.2) is 9.84 Å². The molecule has 0 saturated carbocycles. The van der Waals surface area contributed by atoms with E-state index in [-0.39, 0.29) is 5.56 Å². The monoisotopic (exact) mass is 296 g/mol. The van der Waals surface area contributed by atoms with Gasteiger partial charge < -0.3 is 5.11 Å². The first kappa shape index (κ1) is 13.8. The second-order valence-electron chi connectivity index (χ2n) is 4.17. The summed E-state index contributed by atoms with van der Waals surface area (Å²) in [6, 6.07) is 9.95. The van der Waals surface area contributed by atoms with Crippen LogP contribution < -0.4 is 0 Å². The molecule has 0 atom stereocenters. The van der Waals surface area contributed by atoms with Gasteiger partial charge in [-0.1, -0.05) is 12.1 Å². The molecule has 0 aliphatic heterocycles. The van der Waals surface area contributed by atoms with E-state index >= 15 is 0 Å². The molecule has 0 amide bonds. The Hall–Kier alpha value is -1.66. The standard InChI is InChI=1S/C13H12O4S2/c1-19(16,17)12-7-6-11(18-12)8-9-2-4-10(5-3-9)13(14)15/h2-7H,8H2,1H3,(H,14,15). The summed E-state index contributed by atoms with van der Waals surface area (Å²) in [6.45, 7) is 0. The maximum absolute atomic E-state index is 11.4. The third-order valence-corrected chi connectivity index (χ3v) is 5.49. The molecule has 0 aliphatic carbocycles. The summed E-state index contributed by atoms with van der Waals surface area (Å²) in [5, 5.41) is 8.79. The summed E-state index contributed by atoms with van der Waals surface area (Å²) < 4.78 is 23.1. The number of hydrogen-bond donors (Lipinski definition) is 1. The first-order valence-corrected chi connectivity index (χ1v) is 8.18. The quantitative estimate of drug-likeness (QED) is 0.940. The SMILES string of the molecule is CS(=O)(=O)c1ccc(Cc2ccc(C(=O)O)cc2)s1. The van der Waals surface area contributed by atoms with Gasteiger partial charge in [-0.05, 0) is 29.8 Å². The Labute approximate surface area is 115 Å². The number of benzene rings is 1. The predicted octanol–water partition coefficient (Wildman–Crippen LogP) is 2.44. The first-order valence-electron chi connectivity index (χ1n) is 5.47. The molecule has 4 nitrogen and oxygen atoms in total. The van der Waals surface area contributed by atoms with Crippen LogP contribution in [0.5, 0.6) is 0 Å². The molecule has 2 aromatic rings. The molecule has 100 valence electrons. The van der Waals surface area contributed by atoms with E-state index in [1.54, 1.807) is 36.4 Å². The number of carboxylic acid groups (broad SMARTS) is 1. The van der Waals surface area contributed by atoms with Crippen LogP contribution in [0.2, 0.25) is 0 Å². The summed E-state index contributed by atoms with van der Waals surface area (Å²) in [5.41, 5.74) is 1.19. The number of carbonyl (C=O) groups is 1. The maximum atomic E-state index is 11.4. The van der Waals surface area contributed by atoms with Crippen molar-refractivity contribution in [2.75, 3.05) is 6.26 Å². The van der Waals surface area contributed by atoms with Crippen molar-refractivity contribution in [2.45, 2.75) is 10.6 Å². The summed E-state index contributed by atoms with van der Waals surface area (Å²) in [6.07, 6.45) is 1.78. The normalized spacial score (nSPS) is 11.4. The number of thiophene rings is 1. The third kappa shape index (κ3) is 3.42. The molecule has 1 aromatic heterocycles. The molecule has 1 N–H and O–H groups in total. The summed E-state index contributed by atoms with van der Waals surface area (Å²) in [7, 11) is -3.15. The lowest BCUT2D eigenvalue weighted by Gasteiger charge is -2.00. The number of hydrogen-bond acceptors (Lipinski definition) is 4. The van der Waals surface area contributed by atoms with Gasteiger partial charge in [0, 0.05) is 17.6 Å². The molecule has 0 radical (unpaired) electrons. The van der Waals surface area contributed by atoms with E-state index < -0.39 is 15.8 Å². The van der Waals surface area contributed by atoms with Crippen molar-refractivity contribution in [1.29, 1.82) is 0 Å². The molecular formula is C13H12O4S2. The Balaban J connectivity index is 2.17. The van der Waals surface area contributed by atoms with Gasteiger partial charge in [0.25, 0.3) is 0 Å². The van der Waals surface area contributed by atoms with E-state index in [2.05, 4.69) is 0 Å². The molecule has 0 saturated heterocycles. The highest BCUT2D eigenvalue weighted by Gasteiger charge is 2.11. The van der Waals surface area contributed by atoms with Crippen LogP contribution >= 0.6 is 11.3 Å². The second kappa shape index (κ2) is 5.14. The van der Waals surface area contributed by atoms with Crippen LogP contribution in [0, 0.1) is 0 Å². The summed E-state index contributed by atoms with van der Waals surface area (Å²) in [5.74, 6) is -0.956. The Morgan fingerprint density at radius 3 is 2.26 bits per heavy atom. The average Bonchev–Trinajstić information content (AvgIpc) is 2.78. The van der Waals surface area contributed by atoms with Crippen molar-refractivity contribution in [3.05, 3.63) is 52.4 Å². The van der Waals surface area contributed by atoms with Gasteiger partial charge in [0.2, 0.25) is 0 Å². The molecule has 19 heavy (non-hydrogen) atoms. The Kier molecular flexibility index (Phi) is 3.73. The van der Waals surface area contributed by atoms with E-state index in [0.29, 0.717) is 10.6 Å². The minimum absolute atomic E-state index is 0.242. The zero-order valence-corrected chi connectivity index (χ0v) is 11.8. The van der Waals surface area contributed by atoms with E-state index in [9.17, 15) is 13.2 Å². The lowest BCUT2D eigenvalue weighted by atomic mass is 10.1. The van der Waals surface area contributed by atoms with Crippen LogP contribution in [-0.4, -0.2) is 25.7 Å². The zero-order chi connectivity index (χ0) is 14.0. The molecule has 6 heteroatoms. The molecule has 0 aliphatic rings. The van der Waals surface area contributed by atoms with Crippen LogP contribution in [0.25, 0.3) is 0 Å². The average molecular weight is 296 g/mol. The number of aromatic carboxylic acids is 1. The Morgan fingerprint density at radius 2 is 1.79 bits per heavy atom. The fourth-order valence-electron chi connectivity index (χ4n) is 1.62. The van der Waals surface area contributed by atoms with Gasteiger partial charge in [0.05, 0.1) is 5.56 Å². The number of sulfone groups is 1. The molecule has 1 heterocycles. The molecule has 2 rings (SSSR count). The lowest BCUT2D eigenvalue weighted by Crippen LogP contribution is -1.96. The minimum atomic E-state index is -3.15. The zero-order valence-electron chi connectivity index (χ0n) is 10.2. The van der Waals surface area contributed by atoms with Crippen LogP contribution in [0.3, 0.4) is 0 Å². The molecule has 0 fully saturated rings. The number of carboxylic acids is 1. The van der Waals surface area contributed by atoms with E-state index in [1.165, 1.54) is 17.6 Å². The van der Waals surface area contributed by atoms with Gasteiger partial charge >= 0.3 is 5.97 Å². The second-order valence-corrected chi connectivity index (χ2v) is 7.58. The molecule has 0 bridgehead atoms. The van der Waals surface area contributed by atoms with Crippen molar-refractivity contribution in [3.63, 3.8) is 0 Å². The van der Waals surface area contributed by atoms with Gasteiger partial charge in [-0.3, -0.25) is 0 Å². The first-order chi connectivity index (χ1) is 8.86. The van der Waals surface area contributed by atoms with E-state index in [0.717, 1.165) is 10.4 Å². The van der Waals surface area contributed by atoms with Gasteiger partial charge in [-0.25, -0.2) is 13.2 Å². The highest BCUT2D eigenvalue weighted by Crippen LogP contribution is 2.23. The van der Waals surface area contributed by atoms with Crippen LogP contribution in [0.15, 0.2) is 40.6 Å². The lowest BCUT2D eigenvalue weighted by molar-refractivity contribution is 0.0697.